The maximum Gasteiger partial charge on any atom is 0.305 e. The van der Waals surface area contributed by atoms with E-state index in [9.17, 15) is 4.79 Å². The molecule has 43 heavy (non-hydrogen) atoms. The Bertz CT molecular complexity index is 996. The molecule has 4 saturated carbocycles. The van der Waals surface area contributed by atoms with Gasteiger partial charge >= 0.3 is 5.97 Å². The summed E-state index contributed by atoms with van der Waals surface area (Å²) in [5.41, 5.74) is 0.712. The molecular weight excluding hydrogens is 565 g/mol. The van der Waals surface area contributed by atoms with Gasteiger partial charge in [-0.15, -0.1) is 0 Å². The molecule has 0 aliphatic heterocycles. The minimum atomic E-state index is -1.94. The zero-order valence-electron chi connectivity index (χ0n) is 30.8. The van der Waals surface area contributed by atoms with Gasteiger partial charge in [-0.05, 0) is 140 Å². The number of esters is 1. The van der Waals surface area contributed by atoms with Gasteiger partial charge in [0.25, 0.3) is 0 Å². The van der Waals surface area contributed by atoms with Gasteiger partial charge in [0.15, 0.2) is 16.6 Å². The van der Waals surface area contributed by atoms with E-state index in [-0.39, 0.29) is 16.0 Å². The topological polar surface area (TPSA) is 44.8 Å². The van der Waals surface area contributed by atoms with Crippen molar-refractivity contribution in [3.05, 3.63) is 0 Å². The van der Waals surface area contributed by atoms with Crippen LogP contribution in [-0.2, 0) is 18.4 Å². The number of ether oxygens (including phenoxy) is 1. The molecule has 4 nitrogen and oxygen atoms in total. The van der Waals surface area contributed by atoms with E-state index in [2.05, 4.69) is 88.5 Å². The minimum Gasteiger partial charge on any atom is -0.469 e. The summed E-state index contributed by atoms with van der Waals surface area (Å²) >= 11 is 0. The van der Waals surface area contributed by atoms with Crippen LogP contribution in [0.3, 0.4) is 0 Å². The molecule has 0 spiro atoms. The fraction of sp³-hybridized carbons (Fsp3) is 0.973. The van der Waals surface area contributed by atoms with E-state index >= 15 is 0 Å². The van der Waals surface area contributed by atoms with Crippen LogP contribution in [0.1, 0.15) is 127 Å². The first-order valence-corrected chi connectivity index (χ1v) is 23.8. The number of carbonyl (C=O) groups is 1. The van der Waals surface area contributed by atoms with Gasteiger partial charge in [0, 0.05) is 18.6 Å². The molecule has 0 N–H and O–H groups in total. The molecule has 0 amide bonds. The molecule has 4 aliphatic rings. The molecular formula is C37H70O4Si2. The third-order valence-corrected chi connectivity index (χ3v) is 24.0. The Labute approximate surface area is 268 Å². The van der Waals surface area contributed by atoms with Gasteiger partial charge in [-0.25, -0.2) is 0 Å². The van der Waals surface area contributed by atoms with Gasteiger partial charge in [-0.3, -0.25) is 4.79 Å². The van der Waals surface area contributed by atoms with Crippen LogP contribution in [0.15, 0.2) is 0 Å². The quantitative estimate of drug-likeness (QED) is 0.197. The summed E-state index contributed by atoms with van der Waals surface area (Å²) < 4.78 is 19.7. The molecule has 0 heterocycles. The second-order valence-corrected chi connectivity index (χ2v) is 28.7. The predicted octanol–water partition coefficient (Wildman–Crippen LogP) is 10.6. The molecule has 0 aromatic rings. The van der Waals surface area contributed by atoms with Crippen LogP contribution < -0.4 is 0 Å². The smallest absolute Gasteiger partial charge is 0.305 e. The Kier molecular flexibility index (Phi) is 10.1. The van der Waals surface area contributed by atoms with Crippen molar-refractivity contribution in [2.24, 2.45) is 46.3 Å². The molecule has 0 aromatic heterocycles. The SMILES string of the molecule is COC(=O)CCC(C)C1CCC2C3CC(O[Si](C)(C)C(C)(C)C)C4CC(O[Si](C)(C)C(C)(C)C)CCC4(C)C3CCC12C. The van der Waals surface area contributed by atoms with Crippen LogP contribution in [0, 0.1) is 46.3 Å². The Balaban J connectivity index is 1.62. The zero-order chi connectivity index (χ0) is 32.4. The Hall–Kier alpha value is -0.176. The third kappa shape index (κ3) is 6.66. The van der Waals surface area contributed by atoms with Gasteiger partial charge in [-0.2, -0.15) is 0 Å². The first-order chi connectivity index (χ1) is 19.6. The maximum absolute atomic E-state index is 12.0. The molecule has 6 heteroatoms. The lowest BCUT2D eigenvalue weighted by molar-refractivity contribution is -0.167. The van der Waals surface area contributed by atoms with Crippen molar-refractivity contribution in [1.82, 2.24) is 0 Å². The lowest BCUT2D eigenvalue weighted by atomic mass is 9.43. The van der Waals surface area contributed by atoms with Gasteiger partial charge in [0.2, 0.25) is 0 Å². The summed E-state index contributed by atoms with van der Waals surface area (Å²) in [4.78, 5) is 12.0. The number of hydrogen-bond donors (Lipinski definition) is 0. The number of hydrogen-bond acceptors (Lipinski definition) is 4. The van der Waals surface area contributed by atoms with Crippen molar-refractivity contribution in [2.75, 3.05) is 7.11 Å². The summed E-state index contributed by atoms with van der Waals surface area (Å²) in [6.07, 6.45) is 12.6. The van der Waals surface area contributed by atoms with Gasteiger partial charge in [0.05, 0.1) is 7.11 Å². The molecule has 4 aliphatic carbocycles. The van der Waals surface area contributed by atoms with Crippen molar-refractivity contribution in [3.8, 4) is 0 Å². The Morgan fingerprint density at radius 3 is 1.93 bits per heavy atom. The van der Waals surface area contributed by atoms with E-state index in [0.717, 1.165) is 24.2 Å². The highest BCUT2D eigenvalue weighted by atomic mass is 28.4. The van der Waals surface area contributed by atoms with E-state index in [1.54, 1.807) is 0 Å². The molecule has 10 unspecified atom stereocenters. The predicted molar refractivity (Wildman–Crippen MR) is 185 cm³/mol. The lowest BCUT2D eigenvalue weighted by Gasteiger charge is -2.64. The fourth-order valence-electron chi connectivity index (χ4n) is 10.2. The normalized spacial score (nSPS) is 39.4. The molecule has 0 saturated heterocycles. The summed E-state index contributed by atoms with van der Waals surface area (Å²) in [5.74, 6) is 4.15. The van der Waals surface area contributed by atoms with Crippen molar-refractivity contribution in [2.45, 2.75) is 175 Å². The molecule has 4 fully saturated rings. The molecule has 0 radical (unpaired) electrons. The molecule has 250 valence electrons. The Morgan fingerprint density at radius 2 is 1.35 bits per heavy atom. The third-order valence-electron chi connectivity index (χ3n) is 14.9. The van der Waals surface area contributed by atoms with Crippen molar-refractivity contribution in [3.63, 3.8) is 0 Å². The highest BCUT2D eigenvalue weighted by Gasteiger charge is 2.63. The monoisotopic (exact) mass is 634 g/mol. The van der Waals surface area contributed by atoms with Gasteiger partial charge in [0.1, 0.15) is 0 Å². The van der Waals surface area contributed by atoms with Gasteiger partial charge < -0.3 is 13.6 Å². The standard InChI is InChI=1S/C37H70O4Si2/c1-25(15-18-33(38)39-10)28-16-17-29-27-24-32(41-43(13,14)35(5,6)7)31-23-26(40-42(11,12)34(2,3)4)19-21-37(31,9)30(27)20-22-36(28,29)8/h25-32H,15-24H2,1-14H3. The minimum absolute atomic E-state index is 0.0553. The average molecular weight is 635 g/mol. The van der Waals surface area contributed by atoms with Crippen LogP contribution in [0.4, 0.5) is 0 Å². The zero-order valence-corrected chi connectivity index (χ0v) is 32.8. The Morgan fingerprint density at radius 1 is 0.791 bits per heavy atom. The summed E-state index contributed by atoms with van der Waals surface area (Å²) in [6, 6.07) is 0. The van der Waals surface area contributed by atoms with E-state index in [0.29, 0.717) is 47.2 Å². The average Bonchev–Trinajstić information content (AvgIpc) is 3.23. The van der Waals surface area contributed by atoms with Gasteiger partial charge in [-0.1, -0.05) is 62.3 Å². The highest BCUT2D eigenvalue weighted by molar-refractivity contribution is 6.74. The first-order valence-electron chi connectivity index (χ1n) is 18.0. The second-order valence-electron chi connectivity index (χ2n) is 19.2. The van der Waals surface area contributed by atoms with E-state index in [1.165, 1.54) is 58.5 Å². The molecule has 0 aromatic carbocycles. The number of carbonyl (C=O) groups excluding carboxylic acids is 1. The van der Waals surface area contributed by atoms with Crippen molar-refractivity contribution >= 4 is 22.6 Å². The largest absolute Gasteiger partial charge is 0.469 e. The lowest BCUT2D eigenvalue weighted by Crippen LogP contribution is -2.61. The van der Waals surface area contributed by atoms with Crippen molar-refractivity contribution in [1.29, 1.82) is 0 Å². The first kappa shape index (κ1) is 35.7. The maximum atomic E-state index is 12.0. The molecule has 10 atom stereocenters. The summed E-state index contributed by atoms with van der Waals surface area (Å²) in [7, 11) is -2.25. The van der Waals surface area contributed by atoms with Crippen LogP contribution in [0.2, 0.25) is 36.3 Å². The van der Waals surface area contributed by atoms with Crippen molar-refractivity contribution < 1.29 is 18.4 Å². The van der Waals surface area contributed by atoms with E-state index in [4.69, 9.17) is 13.6 Å². The summed E-state index contributed by atoms with van der Waals surface area (Å²) in [6.45, 7) is 31.9. The number of fused-ring (bicyclic) bond motifs is 5. The highest BCUT2D eigenvalue weighted by Crippen LogP contribution is 2.69. The van der Waals surface area contributed by atoms with E-state index < -0.39 is 16.6 Å². The fourth-order valence-corrected chi connectivity index (χ4v) is 13.0. The molecule has 0 bridgehead atoms. The van der Waals surface area contributed by atoms with Crippen LogP contribution in [-0.4, -0.2) is 41.9 Å². The number of rotatable bonds is 8. The summed E-state index contributed by atoms with van der Waals surface area (Å²) in [5, 5.41) is 0.448. The molecule has 4 rings (SSSR count). The van der Waals surface area contributed by atoms with Crippen LogP contribution in [0.25, 0.3) is 0 Å². The van der Waals surface area contributed by atoms with Crippen LogP contribution >= 0.6 is 0 Å². The number of methoxy groups -OCH3 is 1. The van der Waals surface area contributed by atoms with Crippen LogP contribution in [0.5, 0.6) is 0 Å². The van der Waals surface area contributed by atoms with E-state index in [1.807, 2.05) is 0 Å². The second kappa shape index (κ2) is 12.1.